The van der Waals surface area contributed by atoms with Gasteiger partial charge in [-0.15, -0.1) is 0 Å². The number of benzene rings is 2. The van der Waals surface area contributed by atoms with Crippen LogP contribution in [0.3, 0.4) is 0 Å². The number of carbonyl (C=O) groups excluding carboxylic acids is 2. The number of anilines is 2. The number of nitrogens with one attached hydrogen (secondary N) is 2. The van der Waals surface area contributed by atoms with Gasteiger partial charge in [0, 0.05) is 19.8 Å². The summed E-state index contributed by atoms with van der Waals surface area (Å²) in [6.07, 6.45) is 0. The van der Waals surface area contributed by atoms with E-state index in [9.17, 15) is 14.0 Å². The highest BCUT2D eigenvalue weighted by molar-refractivity contribution is 6.31. The summed E-state index contributed by atoms with van der Waals surface area (Å²) in [5.41, 5.74) is 1.93. The van der Waals surface area contributed by atoms with E-state index in [0.29, 0.717) is 17.1 Å². The number of hydrogen-bond acceptors (Lipinski definition) is 4. The van der Waals surface area contributed by atoms with Crippen molar-refractivity contribution in [2.75, 3.05) is 37.9 Å². The fourth-order valence-corrected chi connectivity index (χ4v) is 2.30. The minimum absolute atomic E-state index is 0.0456. The van der Waals surface area contributed by atoms with E-state index in [1.165, 1.54) is 23.1 Å². The highest BCUT2D eigenvalue weighted by Crippen LogP contribution is 2.26. The van der Waals surface area contributed by atoms with E-state index in [2.05, 4.69) is 10.6 Å². The van der Waals surface area contributed by atoms with Crippen molar-refractivity contribution >= 4 is 34.8 Å². The van der Waals surface area contributed by atoms with Crippen molar-refractivity contribution in [3.05, 3.63) is 52.8 Å². The van der Waals surface area contributed by atoms with Gasteiger partial charge in [0.05, 0.1) is 17.3 Å². The van der Waals surface area contributed by atoms with Gasteiger partial charge in [-0.3, -0.25) is 9.59 Å². The van der Waals surface area contributed by atoms with Crippen molar-refractivity contribution in [2.24, 2.45) is 0 Å². The maximum Gasteiger partial charge on any atom is 0.259 e. The molecule has 0 aliphatic heterocycles. The molecule has 0 bridgehead atoms. The van der Waals surface area contributed by atoms with Crippen molar-refractivity contribution in [3.63, 3.8) is 0 Å². The van der Waals surface area contributed by atoms with Gasteiger partial charge in [0.2, 0.25) is 5.91 Å². The van der Waals surface area contributed by atoms with Crippen LogP contribution in [0.2, 0.25) is 5.02 Å². The Labute approximate surface area is 162 Å². The second kappa shape index (κ2) is 9.23. The Morgan fingerprint density at radius 1 is 1.19 bits per heavy atom. The van der Waals surface area contributed by atoms with Crippen molar-refractivity contribution in [1.82, 2.24) is 4.90 Å². The molecule has 0 saturated heterocycles. The molecule has 8 heteroatoms. The first-order valence-electron chi connectivity index (χ1n) is 8.18. The summed E-state index contributed by atoms with van der Waals surface area (Å²) in [6.45, 7) is 1.75. The number of hydrogen-bond donors (Lipinski definition) is 2. The zero-order chi connectivity index (χ0) is 20.0. The van der Waals surface area contributed by atoms with Crippen LogP contribution in [-0.2, 0) is 9.59 Å². The largest absolute Gasteiger partial charge is 0.482 e. The third-order valence-electron chi connectivity index (χ3n) is 3.63. The Kier molecular flexibility index (Phi) is 7.01. The van der Waals surface area contributed by atoms with Gasteiger partial charge >= 0.3 is 0 Å². The maximum atomic E-state index is 13.2. The summed E-state index contributed by atoms with van der Waals surface area (Å²) in [6, 6.07) is 9.35. The molecule has 27 heavy (non-hydrogen) atoms. The van der Waals surface area contributed by atoms with Crippen molar-refractivity contribution in [3.8, 4) is 5.75 Å². The van der Waals surface area contributed by atoms with Crippen LogP contribution in [0.4, 0.5) is 15.8 Å². The van der Waals surface area contributed by atoms with Gasteiger partial charge in [-0.1, -0.05) is 17.7 Å². The first-order valence-corrected chi connectivity index (χ1v) is 8.56. The number of rotatable bonds is 7. The van der Waals surface area contributed by atoms with Gasteiger partial charge in [-0.05, 0) is 42.8 Å². The van der Waals surface area contributed by atoms with Crippen LogP contribution >= 0.6 is 11.6 Å². The molecule has 0 aliphatic rings. The quantitative estimate of drug-likeness (QED) is 0.757. The van der Waals surface area contributed by atoms with Crippen molar-refractivity contribution in [2.45, 2.75) is 6.92 Å². The second-order valence-corrected chi connectivity index (χ2v) is 6.51. The molecule has 0 saturated carbocycles. The number of likely N-dealkylation sites (N-methyl/N-ethyl adjacent to an activating group) is 1. The molecule has 2 aromatic carbocycles. The Morgan fingerprint density at radius 3 is 2.59 bits per heavy atom. The van der Waals surface area contributed by atoms with Crippen LogP contribution in [0.1, 0.15) is 5.56 Å². The molecule has 2 amide bonds. The molecular formula is C19H21ClFN3O3. The molecule has 0 atom stereocenters. The van der Waals surface area contributed by atoms with Crippen LogP contribution in [0.25, 0.3) is 0 Å². The fraction of sp³-hybridized carbons (Fsp3) is 0.263. The van der Waals surface area contributed by atoms with Crippen LogP contribution in [0.15, 0.2) is 36.4 Å². The lowest BCUT2D eigenvalue weighted by Crippen LogP contribution is -2.28. The molecule has 6 nitrogen and oxygen atoms in total. The van der Waals surface area contributed by atoms with Crippen molar-refractivity contribution in [1.29, 1.82) is 0 Å². The van der Waals surface area contributed by atoms with E-state index in [-0.39, 0.29) is 30.0 Å². The topological polar surface area (TPSA) is 70.7 Å². The average Bonchev–Trinajstić information content (AvgIpc) is 2.61. The number of ether oxygens (including phenoxy) is 1. The number of carbonyl (C=O) groups is 2. The molecule has 2 aromatic rings. The number of aryl methyl sites for hydroxylation is 1. The minimum Gasteiger partial charge on any atom is -0.482 e. The van der Waals surface area contributed by atoms with Crippen LogP contribution in [0, 0.1) is 12.7 Å². The lowest BCUT2D eigenvalue weighted by Gasteiger charge is -2.15. The van der Waals surface area contributed by atoms with E-state index in [0.717, 1.165) is 5.56 Å². The first kappa shape index (κ1) is 20.5. The molecule has 0 radical (unpaired) electrons. The maximum absolute atomic E-state index is 13.2. The normalized spacial score (nSPS) is 10.3. The van der Waals surface area contributed by atoms with E-state index in [1.807, 2.05) is 13.0 Å². The molecule has 0 heterocycles. The van der Waals surface area contributed by atoms with Gasteiger partial charge in [0.15, 0.2) is 6.61 Å². The Bertz CT molecular complexity index is 843. The molecule has 2 N–H and O–H groups in total. The van der Waals surface area contributed by atoms with Crippen LogP contribution < -0.4 is 15.4 Å². The number of halogens is 2. The van der Waals surface area contributed by atoms with Crippen molar-refractivity contribution < 1.29 is 18.7 Å². The average molecular weight is 394 g/mol. The predicted molar refractivity (Wildman–Crippen MR) is 104 cm³/mol. The van der Waals surface area contributed by atoms with Gasteiger partial charge < -0.3 is 20.3 Å². The zero-order valence-corrected chi connectivity index (χ0v) is 16.1. The third kappa shape index (κ3) is 6.14. The van der Waals surface area contributed by atoms with E-state index in [1.54, 1.807) is 26.2 Å². The summed E-state index contributed by atoms with van der Waals surface area (Å²) in [5, 5.41) is 5.52. The lowest BCUT2D eigenvalue weighted by atomic mass is 10.2. The molecule has 0 aromatic heterocycles. The van der Waals surface area contributed by atoms with Crippen LogP contribution in [0.5, 0.6) is 5.75 Å². The molecule has 0 fully saturated rings. The van der Waals surface area contributed by atoms with Gasteiger partial charge in [-0.25, -0.2) is 4.39 Å². The summed E-state index contributed by atoms with van der Waals surface area (Å²) in [5.74, 6) is -0.591. The first-order chi connectivity index (χ1) is 12.8. The molecule has 2 rings (SSSR count). The lowest BCUT2D eigenvalue weighted by molar-refractivity contribution is -0.130. The van der Waals surface area contributed by atoms with E-state index >= 15 is 0 Å². The highest BCUT2D eigenvalue weighted by atomic mass is 35.5. The standard InChI is InChI=1S/C19H21ClFN3O3/c1-12-4-7-16(17(8-12)27-11-19(26)24(2)3)22-10-18(25)23-13-5-6-15(21)14(20)9-13/h4-9,22H,10-11H2,1-3H3,(H,23,25). The Morgan fingerprint density at radius 2 is 1.93 bits per heavy atom. The molecule has 144 valence electrons. The zero-order valence-electron chi connectivity index (χ0n) is 15.3. The predicted octanol–water partition coefficient (Wildman–Crippen LogP) is 3.31. The SMILES string of the molecule is Cc1ccc(NCC(=O)Nc2ccc(F)c(Cl)c2)c(OCC(=O)N(C)C)c1. The van der Waals surface area contributed by atoms with Gasteiger partial charge in [0.1, 0.15) is 11.6 Å². The minimum atomic E-state index is -0.554. The second-order valence-electron chi connectivity index (χ2n) is 6.11. The summed E-state index contributed by atoms with van der Waals surface area (Å²) in [4.78, 5) is 25.3. The fourth-order valence-electron chi connectivity index (χ4n) is 2.12. The molecular weight excluding hydrogens is 373 g/mol. The summed E-state index contributed by atoms with van der Waals surface area (Å²) < 4.78 is 18.7. The smallest absolute Gasteiger partial charge is 0.259 e. The van der Waals surface area contributed by atoms with Gasteiger partial charge in [0.25, 0.3) is 5.91 Å². The summed E-state index contributed by atoms with van der Waals surface area (Å²) in [7, 11) is 3.29. The monoisotopic (exact) mass is 393 g/mol. The summed E-state index contributed by atoms with van der Waals surface area (Å²) >= 11 is 5.70. The Hall–Kier alpha value is -2.80. The molecule has 0 aliphatic carbocycles. The molecule has 0 spiro atoms. The van der Waals surface area contributed by atoms with Gasteiger partial charge in [-0.2, -0.15) is 0 Å². The third-order valence-corrected chi connectivity index (χ3v) is 3.92. The van der Waals surface area contributed by atoms with E-state index in [4.69, 9.17) is 16.3 Å². The Balaban J connectivity index is 1.98. The number of nitrogens with zero attached hydrogens (tertiary/aromatic N) is 1. The molecule has 0 unspecified atom stereocenters. The van der Waals surface area contributed by atoms with Crippen LogP contribution in [-0.4, -0.2) is 44.0 Å². The number of amides is 2. The highest BCUT2D eigenvalue weighted by Gasteiger charge is 2.11. The van der Waals surface area contributed by atoms with E-state index < -0.39 is 5.82 Å².